The molecular weight excluding hydrogens is 324 g/mol. The van der Waals surface area contributed by atoms with Crippen molar-refractivity contribution in [1.82, 2.24) is 10.2 Å². The molecule has 0 bridgehead atoms. The molecule has 1 aromatic carbocycles. The van der Waals surface area contributed by atoms with Crippen molar-refractivity contribution in [3.05, 3.63) is 29.3 Å². The minimum atomic E-state index is -0.529. The second-order valence-corrected chi connectivity index (χ2v) is 7.50. The molecule has 1 aromatic rings. The first-order valence-electron chi connectivity index (χ1n) is 8.86. The Hall–Kier alpha value is -1.26. The van der Waals surface area contributed by atoms with E-state index in [1.165, 1.54) is 19.5 Å². The highest BCUT2D eigenvalue weighted by Crippen LogP contribution is 2.21. The van der Waals surface area contributed by atoms with Crippen molar-refractivity contribution in [2.24, 2.45) is 11.8 Å². The third kappa shape index (κ3) is 6.33. The predicted molar refractivity (Wildman–Crippen MR) is 98.6 cm³/mol. The van der Waals surface area contributed by atoms with Crippen molar-refractivity contribution in [3.8, 4) is 5.75 Å². The molecule has 1 heterocycles. The molecular formula is C19H29ClN2O2. The fourth-order valence-electron chi connectivity index (χ4n) is 3.43. The summed E-state index contributed by atoms with van der Waals surface area (Å²) >= 11 is 5.92. The van der Waals surface area contributed by atoms with Gasteiger partial charge in [0.25, 0.3) is 5.91 Å². The van der Waals surface area contributed by atoms with Crippen LogP contribution in [0.15, 0.2) is 24.3 Å². The summed E-state index contributed by atoms with van der Waals surface area (Å²) in [5.41, 5.74) is 0. The van der Waals surface area contributed by atoms with Gasteiger partial charge >= 0.3 is 0 Å². The normalized spacial score (nSPS) is 22.8. The van der Waals surface area contributed by atoms with Crippen LogP contribution < -0.4 is 10.1 Å². The van der Waals surface area contributed by atoms with Gasteiger partial charge in [0, 0.05) is 24.7 Å². The maximum Gasteiger partial charge on any atom is 0.260 e. The number of hydrogen-bond acceptors (Lipinski definition) is 3. The fraction of sp³-hybridized carbons (Fsp3) is 0.632. The Morgan fingerprint density at radius 3 is 2.75 bits per heavy atom. The number of nitrogens with zero attached hydrogens (tertiary/aromatic N) is 1. The van der Waals surface area contributed by atoms with Crippen LogP contribution in [0.2, 0.25) is 5.02 Å². The molecule has 0 saturated carbocycles. The number of rotatable bonds is 7. The number of amides is 1. The Labute approximate surface area is 150 Å². The highest BCUT2D eigenvalue weighted by molar-refractivity contribution is 6.30. The monoisotopic (exact) mass is 352 g/mol. The third-order valence-electron chi connectivity index (χ3n) is 4.37. The highest BCUT2D eigenvalue weighted by Gasteiger charge is 2.21. The van der Waals surface area contributed by atoms with Gasteiger partial charge in [-0.3, -0.25) is 4.79 Å². The minimum absolute atomic E-state index is 0.0876. The quantitative estimate of drug-likeness (QED) is 0.762. The molecule has 1 aliphatic rings. The number of nitrogens with one attached hydrogen (secondary N) is 1. The van der Waals surface area contributed by atoms with Crippen LogP contribution in [0.1, 0.15) is 33.6 Å². The van der Waals surface area contributed by atoms with E-state index < -0.39 is 6.10 Å². The summed E-state index contributed by atoms with van der Waals surface area (Å²) in [4.78, 5) is 14.6. The number of likely N-dealkylation sites (tertiary alicyclic amines) is 1. The predicted octanol–water partition coefficient (Wildman–Crippen LogP) is 3.59. The van der Waals surface area contributed by atoms with Gasteiger partial charge in [0.05, 0.1) is 0 Å². The molecule has 1 fully saturated rings. The molecule has 0 radical (unpaired) electrons. The van der Waals surface area contributed by atoms with Crippen molar-refractivity contribution < 1.29 is 9.53 Å². The molecule has 1 saturated heterocycles. The van der Waals surface area contributed by atoms with Gasteiger partial charge < -0.3 is 15.0 Å². The first-order valence-corrected chi connectivity index (χ1v) is 9.24. The third-order valence-corrected chi connectivity index (χ3v) is 4.61. The van der Waals surface area contributed by atoms with Crippen LogP contribution in [0, 0.1) is 11.8 Å². The van der Waals surface area contributed by atoms with Crippen LogP contribution in [0.4, 0.5) is 0 Å². The molecule has 4 nitrogen and oxygen atoms in total. The molecule has 1 aliphatic heterocycles. The van der Waals surface area contributed by atoms with Crippen LogP contribution in [-0.2, 0) is 4.79 Å². The fourth-order valence-corrected chi connectivity index (χ4v) is 3.61. The zero-order valence-corrected chi connectivity index (χ0v) is 15.7. The zero-order chi connectivity index (χ0) is 17.5. The maximum atomic E-state index is 12.1. The van der Waals surface area contributed by atoms with E-state index in [1.807, 2.05) is 6.07 Å². The van der Waals surface area contributed by atoms with E-state index in [0.717, 1.165) is 24.8 Å². The molecule has 134 valence electrons. The van der Waals surface area contributed by atoms with Gasteiger partial charge in [-0.25, -0.2) is 0 Å². The lowest BCUT2D eigenvalue weighted by molar-refractivity contribution is -0.127. The van der Waals surface area contributed by atoms with Crippen LogP contribution in [0.25, 0.3) is 0 Å². The standard InChI is InChI=1S/C19H29ClN2O2/c1-14-10-15(2)13-22(12-14)9-5-8-21-19(23)16(3)24-18-7-4-6-17(20)11-18/h4,6-7,11,14-16H,5,8-10,12-13H2,1-3H3,(H,21,23)/t14-,15+,16-/m1/s1. The number of ether oxygens (including phenoxy) is 1. The summed E-state index contributed by atoms with van der Waals surface area (Å²) in [6.45, 7) is 10.5. The van der Waals surface area contributed by atoms with Gasteiger partial charge in [-0.2, -0.15) is 0 Å². The Bertz CT molecular complexity index is 528. The van der Waals surface area contributed by atoms with E-state index in [4.69, 9.17) is 16.3 Å². The molecule has 24 heavy (non-hydrogen) atoms. The first-order chi connectivity index (χ1) is 11.4. The SMILES string of the molecule is C[C@@H]1C[C@H](C)CN(CCCNC(=O)[C@@H](C)Oc2cccc(Cl)c2)C1. The van der Waals surface area contributed by atoms with Crippen molar-refractivity contribution in [2.75, 3.05) is 26.2 Å². The van der Waals surface area contributed by atoms with E-state index in [2.05, 4.69) is 24.1 Å². The summed E-state index contributed by atoms with van der Waals surface area (Å²) in [5.74, 6) is 2.07. The summed E-state index contributed by atoms with van der Waals surface area (Å²) in [6.07, 6.45) is 1.76. The average molecular weight is 353 g/mol. The molecule has 1 N–H and O–H groups in total. The van der Waals surface area contributed by atoms with Gasteiger partial charge in [-0.1, -0.05) is 31.5 Å². The molecule has 5 heteroatoms. The van der Waals surface area contributed by atoms with Crippen molar-refractivity contribution in [2.45, 2.75) is 39.7 Å². The van der Waals surface area contributed by atoms with Gasteiger partial charge in [0.15, 0.2) is 6.10 Å². The molecule has 0 aromatic heterocycles. The Balaban J connectivity index is 1.65. The van der Waals surface area contributed by atoms with Gasteiger partial charge in [0.2, 0.25) is 0 Å². The first kappa shape index (κ1) is 19.1. The lowest BCUT2D eigenvalue weighted by atomic mass is 9.92. The zero-order valence-electron chi connectivity index (χ0n) is 14.9. The summed E-state index contributed by atoms with van der Waals surface area (Å²) < 4.78 is 5.63. The molecule has 2 rings (SSSR count). The van der Waals surface area contributed by atoms with Gasteiger partial charge in [-0.15, -0.1) is 0 Å². The maximum absolute atomic E-state index is 12.1. The van der Waals surface area contributed by atoms with E-state index in [0.29, 0.717) is 17.3 Å². The summed E-state index contributed by atoms with van der Waals surface area (Å²) in [6, 6.07) is 7.10. The van der Waals surface area contributed by atoms with Crippen molar-refractivity contribution in [1.29, 1.82) is 0 Å². The van der Waals surface area contributed by atoms with Crippen LogP contribution in [0.5, 0.6) is 5.75 Å². The van der Waals surface area contributed by atoms with Crippen LogP contribution in [-0.4, -0.2) is 43.1 Å². The largest absolute Gasteiger partial charge is 0.481 e. The van der Waals surface area contributed by atoms with Crippen molar-refractivity contribution in [3.63, 3.8) is 0 Å². The Morgan fingerprint density at radius 2 is 2.08 bits per heavy atom. The Kier molecular flexibility index (Phi) is 7.38. The number of carbonyl (C=O) groups excluding carboxylic acids is 1. The number of carbonyl (C=O) groups is 1. The smallest absolute Gasteiger partial charge is 0.260 e. The van der Waals surface area contributed by atoms with E-state index >= 15 is 0 Å². The van der Waals surface area contributed by atoms with Gasteiger partial charge in [0.1, 0.15) is 5.75 Å². The van der Waals surface area contributed by atoms with E-state index in [1.54, 1.807) is 25.1 Å². The van der Waals surface area contributed by atoms with Crippen LogP contribution >= 0.6 is 11.6 Å². The average Bonchev–Trinajstić information content (AvgIpc) is 2.50. The van der Waals surface area contributed by atoms with E-state index in [9.17, 15) is 4.79 Å². The summed E-state index contributed by atoms with van der Waals surface area (Å²) in [7, 11) is 0. The number of halogens is 1. The minimum Gasteiger partial charge on any atom is -0.481 e. The molecule has 1 amide bonds. The lowest BCUT2D eigenvalue weighted by Crippen LogP contribution is -2.41. The summed E-state index contributed by atoms with van der Waals surface area (Å²) in [5, 5.41) is 3.56. The topological polar surface area (TPSA) is 41.6 Å². The molecule has 0 aliphatic carbocycles. The molecule has 0 spiro atoms. The Morgan fingerprint density at radius 1 is 1.38 bits per heavy atom. The van der Waals surface area contributed by atoms with E-state index in [-0.39, 0.29) is 5.91 Å². The lowest BCUT2D eigenvalue weighted by Gasteiger charge is -2.34. The van der Waals surface area contributed by atoms with Crippen molar-refractivity contribution >= 4 is 17.5 Å². The highest BCUT2D eigenvalue weighted by atomic mass is 35.5. The number of benzene rings is 1. The number of piperidine rings is 1. The molecule has 0 unspecified atom stereocenters. The number of hydrogen-bond donors (Lipinski definition) is 1. The van der Waals surface area contributed by atoms with Gasteiger partial charge in [-0.05, 0) is 56.3 Å². The van der Waals surface area contributed by atoms with Crippen LogP contribution in [0.3, 0.4) is 0 Å². The molecule has 3 atom stereocenters. The second-order valence-electron chi connectivity index (χ2n) is 7.07. The second kappa shape index (κ2) is 9.28.